The minimum Gasteiger partial charge on any atom is -0.125 e. The van der Waals surface area contributed by atoms with Crippen molar-refractivity contribution in [3.8, 4) is 0 Å². The zero-order valence-electron chi connectivity index (χ0n) is 6.76. The third-order valence-electron chi connectivity index (χ3n) is 1.65. The molecule has 0 radical (unpaired) electrons. The quantitative estimate of drug-likeness (QED) is 0.489. The van der Waals surface area contributed by atoms with Crippen LogP contribution in [0.5, 0.6) is 0 Å². The van der Waals surface area contributed by atoms with Crippen molar-refractivity contribution in [1.82, 2.24) is 0 Å². The summed E-state index contributed by atoms with van der Waals surface area (Å²) >= 11 is 5.79. The maximum atomic E-state index is 5.79. The van der Waals surface area contributed by atoms with E-state index in [1.165, 1.54) is 6.42 Å². The van der Waals surface area contributed by atoms with E-state index in [4.69, 9.17) is 11.6 Å². The van der Waals surface area contributed by atoms with Crippen molar-refractivity contribution >= 4 is 33.2 Å². The fourth-order valence-corrected chi connectivity index (χ4v) is 3.57. The lowest BCUT2D eigenvalue weighted by Crippen LogP contribution is -2.13. The van der Waals surface area contributed by atoms with Crippen LogP contribution in [0.1, 0.15) is 20.3 Å². The fraction of sp³-hybridized carbons (Fsp3) is 1.00. The summed E-state index contributed by atoms with van der Waals surface area (Å²) in [5, 5.41) is 0.627. The van der Waals surface area contributed by atoms with Crippen molar-refractivity contribution in [2.45, 2.75) is 25.5 Å². The number of hydrogen-bond acceptors (Lipinski definition) is 2. The summed E-state index contributed by atoms with van der Waals surface area (Å²) in [6, 6.07) is 0. The molecule has 0 spiro atoms. The van der Waals surface area contributed by atoms with Crippen LogP contribution < -0.4 is 0 Å². The minimum atomic E-state index is 0.627. The highest BCUT2D eigenvalue weighted by Crippen LogP contribution is 2.31. The molecule has 0 aromatic carbocycles. The second-order valence-corrected chi connectivity index (χ2v) is 5.36. The maximum Gasteiger partial charge on any atom is 0.0353 e. The molecule has 0 rings (SSSR count). The van der Waals surface area contributed by atoms with Crippen molar-refractivity contribution in [2.24, 2.45) is 5.92 Å². The highest BCUT2D eigenvalue weighted by Gasteiger charge is 2.14. The van der Waals surface area contributed by atoms with Crippen LogP contribution in [0.4, 0.5) is 0 Å². The van der Waals surface area contributed by atoms with Crippen LogP contribution in [0.25, 0.3) is 0 Å². The van der Waals surface area contributed by atoms with Gasteiger partial charge in [-0.25, -0.2) is 0 Å². The van der Waals surface area contributed by atoms with E-state index in [1.54, 1.807) is 0 Å². The number of hydrogen-bond donors (Lipinski definition) is 0. The standard InChI is InChI=1S/C7H15ClS2/c1-4-6(2)7(5-8)10-9-3/h6-7H,4-5H2,1-3H3. The van der Waals surface area contributed by atoms with E-state index in [-0.39, 0.29) is 0 Å². The van der Waals surface area contributed by atoms with Gasteiger partial charge in [-0.15, -0.1) is 11.6 Å². The average Bonchev–Trinajstić information content (AvgIpc) is 1.99. The van der Waals surface area contributed by atoms with Crippen LogP contribution in [0.2, 0.25) is 0 Å². The summed E-state index contributed by atoms with van der Waals surface area (Å²) in [6.45, 7) is 4.47. The van der Waals surface area contributed by atoms with Gasteiger partial charge in [-0.05, 0) is 12.2 Å². The molecule has 0 N–H and O–H groups in total. The lowest BCUT2D eigenvalue weighted by atomic mass is 10.1. The van der Waals surface area contributed by atoms with Crippen LogP contribution in [0.3, 0.4) is 0 Å². The van der Waals surface area contributed by atoms with Gasteiger partial charge in [-0.2, -0.15) is 0 Å². The van der Waals surface area contributed by atoms with Crippen molar-refractivity contribution in [3.63, 3.8) is 0 Å². The molecule has 0 aromatic rings. The van der Waals surface area contributed by atoms with Crippen molar-refractivity contribution in [3.05, 3.63) is 0 Å². The normalized spacial score (nSPS) is 16.8. The zero-order valence-corrected chi connectivity index (χ0v) is 9.15. The van der Waals surface area contributed by atoms with Gasteiger partial charge in [0.1, 0.15) is 0 Å². The topological polar surface area (TPSA) is 0 Å². The molecule has 0 heterocycles. The first-order valence-electron chi connectivity index (χ1n) is 3.51. The summed E-state index contributed by atoms with van der Waals surface area (Å²) in [4.78, 5) is 0. The van der Waals surface area contributed by atoms with Crippen molar-refractivity contribution in [2.75, 3.05) is 12.1 Å². The van der Waals surface area contributed by atoms with Gasteiger partial charge in [0.15, 0.2) is 0 Å². The first-order valence-corrected chi connectivity index (χ1v) is 6.67. The van der Waals surface area contributed by atoms with Crippen molar-refractivity contribution in [1.29, 1.82) is 0 Å². The Kier molecular flexibility index (Phi) is 7.35. The summed E-state index contributed by atoms with van der Waals surface area (Å²) in [6.07, 6.45) is 3.33. The molecule has 3 heteroatoms. The summed E-state index contributed by atoms with van der Waals surface area (Å²) in [5.74, 6) is 1.52. The first-order chi connectivity index (χ1) is 4.76. The van der Waals surface area contributed by atoms with E-state index in [9.17, 15) is 0 Å². The Morgan fingerprint density at radius 3 is 2.40 bits per heavy atom. The second-order valence-electron chi connectivity index (χ2n) is 2.34. The van der Waals surface area contributed by atoms with E-state index < -0.39 is 0 Å². The van der Waals surface area contributed by atoms with Crippen LogP contribution in [-0.2, 0) is 0 Å². The highest BCUT2D eigenvalue weighted by atomic mass is 35.5. The third-order valence-corrected chi connectivity index (χ3v) is 4.56. The van der Waals surface area contributed by atoms with Crippen LogP contribution in [-0.4, -0.2) is 17.4 Å². The average molecular weight is 199 g/mol. The number of rotatable bonds is 5. The molecule has 0 saturated heterocycles. The molecule has 0 aromatic heterocycles. The molecule has 0 aliphatic carbocycles. The van der Waals surface area contributed by atoms with Crippen molar-refractivity contribution < 1.29 is 0 Å². The highest BCUT2D eigenvalue weighted by molar-refractivity contribution is 8.76. The Labute approximate surface area is 76.9 Å². The smallest absolute Gasteiger partial charge is 0.0353 e. The third kappa shape index (κ3) is 3.99. The molecule has 0 aliphatic heterocycles. The molecule has 0 nitrogen and oxygen atoms in total. The van der Waals surface area contributed by atoms with E-state index >= 15 is 0 Å². The first kappa shape index (κ1) is 11.0. The molecular formula is C7H15ClS2. The molecule has 2 unspecified atom stereocenters. The van der Waals surface area contributed by atoms with E-state index in [1.807, 2.05) is 21.6 Å². The Hall–Kier alpha value is 0.990. The van der Waals surface area contributed by atoms with Gasteiger partial charge < -0.3 is 0 Å². The summed E-state index contributed by atoms with van der Waals surface area (Å²) < 4.78 is 0. The van der Waals surface area contributed by atoms with Gasteiger partial charge in [0, 0.05) is 11.1 Å². The molecule has 2 atom stereocenters. The lowest BCUT2D eigenvalue weighted by molar-refractivity contribution is 0.562. The second kappa shape index (κ2) is 6.68. The summed E-state index contributed by atoms with van der Waals surface area (Å²) in [7, 11) is 3.70. The Balaban J connectivity index is 3.56. The van der Waals surface area contributed by atoms with Gasteiger partial charge in [0.2, 0.25) is 0 Å². The lowest BCUT2D eigenvalue weighted by Gasteiger charge is -2.17. The van der Waals surface area contributed by atoms with Gasteiger partial charge >= 0.3 is 0 Å². The largest absolute Gasteiger partial charge is 0.125 e. The van der Waals surface area contributed by atoms with E-state index in [0.29, 0.717) is 5.25 Å². The fourth-order valence-electron chi connectivity index (χ4n) is 0.659. The maximum absolute atomic E-state index is 5.79. The molecule has 0 bridgehead atoms. The zero-order chi connectivity index (χ0) is 7.98. The monoisotopic (exact) mass is 198 g/mol. The molecule has 0 fully saturated rings. The minimum absolute atomic E-state index is 0.627. The number of alkyl halides is 1. The molecule has 62 valence electrons. The van der Waals surface area contributed by atoms with Crippen LogP contribution in [0, 0.1) is 5.92 Å². The Morgan fingerprint density at radius 1 is 1.50 bits per heavy atom. The molecule has 0 amide bonds. The SMILES string of the molecule is CCC(C)C(CCl)SSC. The predicted molar refractivity (Wildman–Crippen MR) is 55.1 cm³/mol. The Morgan fingerprint density at radius 2 is 2.10 bits per heavy atom. The molecule has 10 heavy (non-hydrogen) atoms. The van der Waals surface area contributed by atoms with E-state index in [0.717, 1.165) is 11.8 Å². The number of halogens is 1. The van der Waals surface area contributed by atoms with Crippen LogP contribution in [0.15, 0.2) is 0 Å². The van der Waals surface area contributed by atoms with Gasteiger partial charge in [0.05, 0.1) is 0 Å². The van der Waals surface area contributed by atoms with Gasteiger partial charge in [-0.3, -0.25) is 0 Å². The van der Waals surface area contributed by atoms with E-state index in [2.05, 4.69) is 20.1 Å². The van der Waals surface area contributed by atoms with Gasteiger partial charge in [-0.1, -0.05) is 41.9 Å². The van der Waals surface area contributed by atoms with Crippen LogP contribution >= 0.6 is 33.2 Å². The predicted octanol–water partition coefficient (Wildman–Crippen LogP) is 3.65. The Bertz CT molecular complexity index is 78.0. The molecule has 0 saturated carbocycles. The molecule has 0 aliphatic rings. The summed E-state index contributed by atoms with van der Waals surface area (Å²) in [5.41, 5.74) is 0. The van der Waals surface area contributed by atoms with Gasteiger partial charge in [0.25, 0.3) is 0 Å². The molecular weight excluding hydrogens is 184 g/mol.